The van der Waals surface area contributed by atoms with Crippen molar-refractivity contribution in [3.05, 3.63) is 11.8 Å². The molecule has 152 valence electrons. The molecule has 1 amide bonds. The van der Waals surface area contributed by atoms with Gasteiger partial charge in [0.15, 0.2) is 0 Å². The van der Waals surface area contributed by atoms with Gasteiger partial charge in [-0.05, 0) is 44.9 Å². The van der Waals surface area contributed by atoms with Crippen LogP contribution in [0.3, 0.4) is 0 Å². The summed E-state index contributed by atoms with van der Waals surface area (Å²) in [7, 11) is 0. The van der Waals surface area contributed by atoms with Gasteiger partial charge < -0.3 is 10.6 Å². The number of carbonyl (C=O) groups excluding carboxylic acids is 1. The molecule has 1 aliphatic heterocycles. The van der Waals surface area contributed by atoms with Crippen LogP contribution in [0, 0.1) is 5.92 Å². The Labute approximate surface area is 164 Å². The number of amides is 1. The van der Waals surface area contributed by atoms with Crippen LogP contribution < -0.4 is 10.6 Å². The topological polar surface area (TPSA) is 59.0 Å². The first kappa shape index (κ1) is 20.2. The van der Waals surface area contributed by atoms with E-state index in [4.69, 9.17) is 0 Å². The molecule has 4 rings (SSSR count). The van der Waals surface area contributed by atoms with Crippen LogP contribution in [-0.4, -0.2) is 27.8 Å². The van der Waals surface area contributed by atoms with Crippen molar-refractivity contribution in [3.8, 4) is 0 Å². The first-order valence-corrected chi connectivity index (χ1v) is 11.4. The molecule has 0 bridgehead atoms. The molecule has 0 aromatic carbocycles. The molecule has 3 aliphatic rings. The highest BCUT2D eigenvalue weighted by Gasteiger charge is 2.33. The number of anilines is 1. The molecule has 1 aromatic heterocycles. The van der Waals surface area contributed by atoms with Gasteiger partial charge in [0.2, 0.25) is 0 Å². The average Bonchev–Trinajstić information content (AvgIpc) is 3.16. The molecule has 2 N–H and O–H groups in total. The summed E-state index contributed by atoms with van der Waals surface area (Å²) in [4.78, 5) is 12.8. The number of carbonyl (C=O) groups is 1. The van der Waals surface area contributed by atoms with Crippen molar-refractivity contribution >= 4 is 11.7 Å². The van der Waals surface area contributed by atoms with Crippen molar-refractivity contribution < 1.29 is 4.79 Å². The summed E-state index contributed by atoms with van der Waals surface area (Å²) in [6.07, 6.45) is 15.6. The van der Waals surface area contributed by atoms with Gasteiger partial charge >= 0.3 is 0 Å². The van der Waals surface area contributed by atoms with Gasteiger partial charge in [-0.2, -0.15) is 5.10 Å². The van der Waals surface area contributed by atoms with Gasteiger partial charge in [-0.25, -0.2) is 4.68 Å². The lowest BCUT2D eigenvalue weighted by Gasteiger charge is -2.37. The summed E-state index contributed by atoms with van der Waals surface area (Å²) in [5.41, 5.74) is 0.734. The molecule has 2 aliphatic carbocycles. The molecule has 5 heteroatoms. The van der Waals surface area contributed by atoms with E-state index in [0.29, 0.717) is 18.1 Å². The SMILES string of the molecule is CC.CC1CC(C2CCCCC2)Nc2c(C(=O)NC3CCCCC3)cnn21. The number of fused-ring (bicyclic) bond motifs is 1. The fraction of sp³-hybridized carbons (Fsp3) is 0.818. The Kier molecular flexibility index (Phi) is 7.20. The highest BCUT2D eigenvalue weighted by molar-refractivity contribution is 5.99. The average molecular weight is 375 g/mol. The molecule has 2 saturated carbocycles. The third-order valence-electron chi connectivity index (χ3n) is 6.53. The normalized spacial score (nSPS) is 26.3. The zero-order valence-electron chi connectivity index (χ0n) is 17.5. The lowest BCUT2D eigenvalue weighted by Crippen LogP contribution is -2.40. The van der Waals surface area contributed by atoms with E-state index in [1.807, 2.05) is 18.5 Å². The number of hydrogen-bond donors (Lipinski definition) is 2. The molecule has 2 unspecified atom stereocenters. The predicted octanol–water partition coefficient (Wildman–Crippen LogP) is 5.30. The second-order valence-corrected chi connectivity index (χ2v) is 8.39. The fourth-order valence-corrected chi connectivity index (χ4v) is 5.07. The minimum absolute atomic E-state index is 0.0529. The zero-order valence-corrected chi connectivity index (χ0v) is 17.5. The lowest BCUT2D eigenvalue weighted by molar-refractivity contribution is 0.0928. The van der Waals surface area contributed by atoms with Crippen LogP contribution in [0.5, 0.6) is 0 Å². The van der Waals surface area contributed by atoms with Crippen LogP contribution in [0.15, 0.2) is 6.20 Å². The second-order valence-electron chi connectivity index (χ2n) is 8.39. The van der Waals surface area contributed by atoms with Crippen molar-refractivity contribution in [1.29, 1.82) is 0 Å². The van der Waals surface area contributed by atoms with Crippen molar-refractivity contribution in [2.75, 3.05) is 5.32 Å². The number of nitrogens with one attached hydrogen (secondary N) is 2. The summed E-state index contributed by atoms with van der Waals surface area (Å²) in [6.45, 7) is 6.23. The molecule has 1 aromatic rings. The van der Waals surface area contributed by atoms with Crippen molar-refractivity contribution in [1.82, 2.24) is 15.1 Å². The first-order chi connectivity index (χ1) is 13.2. The molecule has 2 fully saturated rings. The van der Waals surface area contributed by atoms with E-state index in [2.05, 4.69) is 22.7 Å². The zero-order chi connectivity index (χ0) is 19.2. The Balaban J connectivity index is 0.00000102. The highest BCUT2D eigenvalue weighted by atomic mass is 16.1. The molecule has 5 nitrogen and oxygen atoms in total. The van der Waals surface area contributed by atoms with Crippen LogP contribution in [0.1, 0.15) is 108 Å². The molecule has 0 spiro atoms. The highest BCUT2D eigenvalue weighted by Crippen LogP contribution is 2.37. The third kappa shape index (κ3) is 4.67. The van der Waals surface area contributed by atoms with E-state index in [9.17, 15) is 4.79 Å². The molecular weight excluding hydrogens is 336 g/mol. The smallest absolute Gasteiger partial charge is 0.256 e. The number of nitrogens with zero attached hydrogens (tertiary/aromatic N) is 2. The number of aromatic nitrogens is 2. The maximum atomic E-state index is 12.8. The van der Waals surface area contributed by atoms with Crippen molar-refractivity contribution in [2.24, 2.45) is 5.92 Å². The molecule has 0 saturated heterocycles. The number of hydrogen-bond acceptors (Lipinski definition) is 3. The molecular formula is C22H38N4O. The summed E-state index contributed by atoms with van der Waals surface area (Å²) < 4.78 is 2.02. The van der Waals surface area contributed by atoms with E-state index >= 15 is 0 Å². The Morgan fingerprint density at radius 2 is 1.70 bits per heavy atom. The van der Waals surface area contributed by atoms with Crippen LogP contribution in [0.2, 0.25) is 0 Å². The minimum atomic E-state index is 0.0529. The number of rotatable bonds is 3. The second kappa shape index (κ2) is 9.61. The Hall–Kier alpha value is -1.52. The lowest BCUT2D eigenvalue weighted by atomic mass is 9.81. The first-order valence-electron chi connectivity index (χ1n) is 11.4. The fourth-order valence-electron chi connectivity index (χ4n) is 5.07. The Morgan fingerprint density at radius 3 is 2.37 bits per heavy atom. The van der Waals surface area contributed by atoms with Gasteiger partial charge in [0.05, 0.1) is 12.2 Å². The van der Waals surface area contributed by atoms with Crippen LogP contribution >= 0.6 is 0 Å². The van der Waals surface area contributed by atoms with Gasteiger partial charge in [0, 0.05) is 12.1 Å². The van der Waals surface area contributed by atoms with Crippen LogP contribution in [0.4, 0.5) is 5.82 Å². The quantitative estimate of drug-likeness (QED) is 0.755. The molecule has 0 radical (unpaired) electrons. The summed E-state index contributed by atoms with van der Waals surface area (Å²) in [5, 5.41) is 11.5. The standard InChI is InChI=1S/C20H32N4O.C2H6/c1-14-12-18(15-8-4-2-5-9-15)23-19-17(13-21-24(14)19)20(25)22-16-10-6-3-7-11-16;1-2/h13-16,18,23H,2-12H2,1H3,(H,22,25);1-2H3. The van der Waals surface area contributed by atoms with Gasteiger partial charge in [-0.3, -0.25) is 4.79 Å². The minimum Gasteiger partial charge on any atom is -0.367 e. The maximum absolute atomic E-state index is 12.8. The largest absolute Gasteiger partial charge is 0.367 e. The molecule has 2 atom stereocenters. The van der Waals surface area contributed by atoms with Gasteiger partial charge in [-0.15, -0.1) is 0 Å². The van der Waals surface area contributed by atoms with E-state index in [0.717, 1.165) is 36.6 Å². The van der Waals surface area contributed by atoms with Crippen LogP contribution in [0.25, 0.3) is 0 Å². The van der Waals surface area contributed by atoms with E-state index in [1.54, 1.807) is 6.20 Å². The summed E-state index contributed by atoms with van der Waals surface area (Å²) >= 11 is 0. The van der Waals surface area contributed by atoms with Gasteiger partial charge in [0.25, 0.3) is 5.91 Å². The van der Waals surface area contributed by atoms with E-state index < -0.39 is 0 Å². The van der Waals surface area contributed by atoms with Gasteiger partial charge in [-0.1, -0.05) is 52.4 Å². The van der Waals surface area contributed by atoms with E-state index in [-0.39, 0.29) is 5.91 Å². The third-order valence-corrected chi connectivity index (χ3v) is 6.53. The summed E-state index contributed by atoms with van der Waals surface area (Å²) in [6, 6.07) is 1.19. The Morgan fingerprint density at radius 1 is 1.07 bits per heavy atom. The molecule has 27 heavy (non-hydrogen) atoms. The Bertz CT molecular complexity index is 599. The molecule has 2 heterocycles. The van der Waals surface area contributed by atoms with Crippen molar-refractivity contribution in [3.63, 3.8) is 0 Å². The van der Waals surface area contributed by atoms with Gasteiger partial charge in [0.1, 0.15) is 11.4 Å². The van der Waals surface area contributed by atoms with Crippen molar-refractivity contribution in [2.45, 2.75) is 110 Å². The predicted molar refractivity (Wildman–Crippen MR) is 111 cm³/mol. The monoisotopic (exact) mass is 374 g/mol. The van der Waals surface area contributed by atoms with Crippen LogP contribution in [-0.2, 0) is 0 Å². The van der Waals surface area contributed by atoms with E-state index in [1.165, 1.54) is 51.4 Å². The summed E-state index contributed by atoms with van der Waals surface area (Å²) in [5.74, 6) is 1.74. The maximum Gasteiger partial charge on any atom is 0.256 e.